The molecule has 3 aliphatic rings. The van der Waals surface area contributed by atoms with E-state index < -0.39 is 11.5 Å². The summed E-state index contributed by atoms with van der Waals surface area (Å²) in [6, 6.07) is 0. The highest BCUT2D eigenvalue weighted by atomic mass is 32.1. The number of aliphatic hydroxyl groups is 2. The Kier molecular flexibility index (Phi) is 7.39. The van der Waals surface area contributed by atoms with Gasteiger partial charge in [0.05, 0.1) is 18.4 Å². The molecule has 0 aromatic carbocycles. The first-order chi connectivity index (χ1) is 16.1. The van der Waals surface area contributed by atoms with Crippen LogP contribution in [0.2, 0.25) is 0 Å². The normalized spacial score (nSPS) is 33.1. The van der Waals surface area contributed by atoms with Gasteiger partial charge in [-0.1, -0.05) is 20.3 Å². The Morgan fingerprint density at radius 3 is 2.59 bits per heavy atom. The quantitative estimate of drug-likeness (QED) is 0.443. The van der Waals surface area contributed by atoms with Gasteiger partial charge in [0, 0.05) is 41.6 Å². The molecule has 0 aliphatic heterocycles. The van der Waals surface area contributed by atoms with Crippen molar-refractivity contribution in [1.82, 2.24) is 15.2 Å². The SMILES string of the molecule is CN(C)CCNC(=O)C[C@@H]1c2nc(NC(=O)C3CCC3)sc2C[C@@H]2[C@](C)(CO)[C@H](O)CC[C@]21C. The summed E-state index contributed by atoms with van der Waals surface area (Å²) in [7, 11) is 3.95. The Hall–Kier alpha value is -1.55. The van der Waals surface area contributed by atoms with Crippen LogP contribution in [0.1, 0.15) is 68.9 Å². The maximum atomic E-state index is 13.0. The van der Waals surface area contributed by atoms with Crippen molar-refractivity contribution in [3.8, 4) is 0 Å². The monoisotopic (exact) mass is 492 g/mol. The number of carbonyl (C=O) groups excluding carboxylic acids is 2. The third-order valence-corrected chi connectivity index (χ3v) is 9.88. The zero-order valence-electron chi connectivity index (χ0n) is 20.9. The van der Waals surface area contributed by atoms with Crippen LogP contribution in [0.15, 0.2) is 0 Å². The summed E-state index contributed by atoms with van der Waals surface area (Å²) in [5.74, 6) is -0.0210. The number of aliphatic hydroxyl groups excluding tert-OH is 2. The Balaban J connectivity index is 1.64. The number of carbonyl (C=O) groups is 2. The molecule has 2 saturated carbocycles. The topological polar surface area (TPSA) is 115 Å². The first kappa shape index (κ1) is 25.5. The van der Waals surface area contributed by atoms with Crippen molar-refractivity contribution in [2.45, 2.75) is 70.8 Å². The molecule has 0 saturated heterocycles. The summed E-state index contributed by atoms with van der Waals surface area (Å²) < 4.78 is 0. The van der Waals surface area contributed by atoms with E-state index in [1.807, 2.05) is 25.9 Å². The Morgan fingerprint density at radius 1 is 1.24 bits per heavy atom. The second-order valence-corrected chi connectivity index (χ2v) is 12.4. The highest BCUT2D eigenvalue weighted by Crippen LogP contribution is 2.62. The number of rotatable bonds is 8. The lowest BCUT2D eigenvalue weighted by Gasteiger charge is -2.58. The molecular weight excluding hydrogens is 452 g/mol. The van der Waals surface area contributed by atoms with Crippen molar-refractivity contribution in [1.29, 1.82) is 0 Å². The maximum Gasteiger partial charge on any atom is 0.229 e. The summed E-state index contributed by atoms with van der Waals surface area (Å²) in [5, 5.41) is 27.9. The van der Waals surface area contributed by atoms with Gasteiger partial charge in [0.25, 0.3) is 0 Å². The Bertz CT molecular complexity index is 917. The van der Waals surface area contributed by atoms with Crippen molar-refractivity contribution in [2.24, 2.45) is 22.7 Å². The first-order valence-electron chi connectivity index (χ1n) is 12.6. The Labute approximate surface area is 206 Å². The zero-order valence-corrected chi connectivity index (χ0v) is 21.7. The number of likely N-dealkylation sites (N-methyl/N-ethyl adjacent to an activating group) is 1. The third kappa shape index (κ3) is 4.64. The number of fused-ring (bicyclic) bond motifs is 2. The minimum atomic E-state index is -0.649. The molecule has 34 heavy (non-hydrogen) atoms. The zero-order chi connectivity index (χ0) is 24.7. The lowest BCUT2D eigenvalue weighted by atomic mass is 9.47. The van der Waals surface area contributed by atoms with E-state index in [2.05, 4.69) is 17.6 Å². The fourth-order valence-corrected chi connectivity index (χ4v) is 7.33. The largest absolute Gasteiger partial charge is 0.396 e. The smallest absolute Gasteiger partial charge is 0.229 e. The van der Waals surface area contributed by atoms with Crippen molar-refractivity contribution < 1.29 is 19.8 Å². The minimum absolute atomic E-state index is 0.00967. The summed E-state index contributed by atoms with van der Waals surface area (Å²) in [6.07, 6.45) is 4.73. The molecule has 190 valence electrons. The molecule has 4 rings (SSSR count). The van der Waals surface area contributed by atoms with Crippen LogP contribution < -0.4 is 10.6 Å². The van der Waals surface area contributed by atoms with Crippen LogP contribution in [-0.4, -0.2) is 71.8 Å². The number of thiazole rings is 1. The number of hydrogen-bond donors (Lipinski definition) is 4. The van der Waals surface area contributed by atoms with Gasteiger partial charge in [-0.15, -0.1) is 11.3 Å². The van der Waals surface area contributed by atoms with Crippen LogP contribution >= 0.6 is 11.3 Å². The number of aromatic nitrogens is 1. The predicted molar refractivity (Wildman–Crippen MR) is 133 cm³/mol. The van der Waals surface area contributed by atoms with E-state index in [9.17, 15) is 19.8 Å². The molecule has 0 unspecified atom stereocenters. The molecule has 0 spiro atoms. The van der Waals surface area contributed by atoms with Crippen molar-refractivity contribution in [3.05, 3.63) is 10.6 Å². The van der Waals surface area contributed by atoms with Crippen molar-refractivity contribution in [3.63, 3.8) is 0 Å². The standard InChI is InChI=1S/C25H40N4O4S/c1-24-9-8-19(31)25(2,14-30)18(24)13-17-21(16(24)12-20(32)26-10-11-29(3)4)27-23(34-17)28-22(33)15-6-5-7-15/h15-16,18-19,30-31H,5-14H2,1-4H3,(H,26,32)(H,27,28,33)/t16-,18+,19-,24+,25+/m1/s1. The number of hydrogen-bond acceptors (Lipinski definition) is 7. The van der Waals surface area contributed by atoms with Crippen LogP contribution in [0.3, 0.4) is 0 Å². The number of nitrogens with zero attached hydrogens (tertiary/aromatic N) is 2. The highest BCUT2D eigenvalue weighted by Gasteiger charge is 2.59. The highest BCUT2D eigenvalue weighted by molar-refractivity contribution is 7.15. The molecule has 2 fully saturated rings. The predicted octanol–water partition coefficient (Wildman–Crippen LogP) is 2.37. The molecule has 9 heteroatoms. The molecule has 1 heterocycles. The molecule has 2 amide bonds. The van der Waals surface area contributed by atoms with E-state index in [4.69, 9.17) is 4.98 Å². The summed E-state index contributed by atoms with van der Waals surface area (Å²) in [4.78, 5) is 33.5. The molecule has 3 aliphatic carbocycles. The lowest BCUT2D eigenvalue weighted by Crippen LogP contribution is -2.57. The molecule has 1 aromatic heterocycles. The molecule has 1 aromatic rings. The minimum Gasteiger partial charge on any atom is -0.396 e. The van der Waals surface area contributed by atoms with Crippen LogP contribution in [0, 0.1) is 22.7 Å². The van der Waals surface area contributed by atoms with Crippen LogP contribution in [-0.2, 0) is 16.0 Å². The average molecular weight is 493 g/mol. The summed E-state index contributed by atoms with van der Waals surface area (Å²) >= 11 is 1.49. The van der Waals surface area contributed by atoms with E-state index in [1.165, 1.54) is 11.3 Å². The van der Waals surface area contributed by atoms with Gasteiger partial charge in [0.15, 0.2) is 5.13 Å². The van der Waals surface area contributed by atoms with Crippen LogP contribution in [0.4, 0.5) is 5.13 Å². The van der Waals surface area contributed by atoms with Crippen LogP contribution in [0.25, 0.3) is 0 Å². The number of anilines is 1. The van der Waals surface area contributed by atoms with E-state index in [-0.39, 0.29) is 41.6 Å². The second-order valence-electron chi connectivity index (χ2n) is 11.3. The molecule has 0 bridgehead atoms. The van der Waals surface area contributed by atoms with Gasteiger partial charge in [-0.25, -0.2) is 4.98 Å². The molecule has 5 atom stereocenters. The summed E-state index contributed by atoms with van der Waals surface area (Å²) in [6.45, 7) is 5.42. The summed E-state index contributed by atoms with van der Waals surface area (Å²) in [5.41, 5.74) is -0.0256. The van der Waals surface area contributed by atoms with Gasteiger partial charge in [0.2, 0.25) is 11.8 Å². The van der Waals surface area contributed by atoms with Gasteiger partial charge in [0.1, 0.15) is 0 Å². The second kappa shape index (κ2) is 9.84. The molecule has 0 radical (unpaired) electrons. The Morgan fingerprint density at radius 2 is 1.97 bits per heavy atom. The number of nitrogens with one attached hydrogen (secondary N) is 2. The molecule has 4 N–H and O–H groups in total. The first-order valence-corrected chi connectivity index (χ1v) is 13.4. The average Bonchev–Trinajstić information content (AvgIpc) is 3.13. The molecular formula is C25H40N4O4S. The number of amides is 2. The van der Waals surface area contributed by atoms with Crippen molar-refractivity contribution in [2.75, 3.05) is 39.1 Å². The van der Waals surface area contributed by atoms with E-state index in [0.717, 1.165) is 42.8 Å². The van der Waals surface area contributed by atoms with E-state index in [1.54, 1.807) is 0 Å². The van der Waals surface area contributed by atoms with Gasteiger partial charge in [-0.05, 0) is 57.5 Å². The van der Waals surface area contributed by atoms with Crippen molar-refractivity contribution >= 4 is 28.3 Å². The fourth-order valence-electron chi connectivity index (χ4n) is 6.25. The van der Waals surface area contributed by atoms with Gasteiger partial charge in [-0.2, -0.15) is 0 Å². The van der Waals surface area contributed by atoms with Gasteiger partial charge < -0.3 is 25.7 Å². The maximum absolute atomic E-state index is 13.0. The lowest BCUT2D eigenvalue weighted by molar-refractivity contribution is -0.144. The van der Waals surface area contributed by atoms with Gasteiger partial charge in [-0.3, -0.25) is 9.59 Å². The van der Waals surface area contributed by atoms with Gasteiger partial charge >= 0.3 is 0 Å². The molecule has 8 nitrogen and oxygen atoms in total. The fraction of sp³-hybridized carbons (Fsp3) is 0.800. The third-order valence-electron chi connectivity index (χ3n) is 8.87. The van der Waals surface area contributed by atoms with Crippen LogP contribution in [0.5, 0.6) is 0 Å². The van der Waals surface area contributed by atoms with E-state index in [0.29, 0.717) is 30.9 Å². The van der Waals surface area contributed by atoms with E-state index >= 15 is 0 Å².